The molecule has 0 saturated carbocycles. The largest absolute Gasteiger partial charge is 0.493 e. The fourth-order valence-corrected chi connectivity index (χ4v) is 3.01. The lowest BCUT2D eigenvalue weighted by Gasteiger charge is -2.12. The van der Waals surface area contributed by atoms with Gasteiger partial charge in [0.15, 0.2) is 11.5 Å². The molecule has 1 amide bonds. The van der Waals surface area contributed by atoms with Crippen LogP contribution in [0, 0.1) is 20.8 Å². The summed E-state index contributed by atoms with van der Waals surface area (Å²) in [6.45, 7) is 6.60. The summed E-state index contributed by atoms with van der Waals surface area (Å²) in [5, 5.41) is 2.88. The van der Waals surface area contributed by atoms with Crippen molar-refractivity contribution in [2.45, 2.75) is 27.4 Å². The van der Waals surface area contributed by atoms with Gasteiger partial charge in [-0.25, -0.2) is 0 Å². The van der Waals surface area contributed by atoms with Gasteiger partial charge in [-0.1, -0.05) is 36.4 Å². The Labute approximate surface area is 178 Å². The third-order valence-electron chi connectivity index (χ3n) is 5.03. The number of methoxy groups -OCH3 is 1. The van der Waals surface area contributed by atoms with Crippen LogP contribution in [0.4, 0.5) is 5.69 Å². The predicted octanol–water partition coefficient (Wildman–Crippen LogP) is 5.85. The first-order valence-electron chi connectivity index (χ1n) is 9.88. The molecule has 0 saturated heterocycles. The number of carbonyl (C=O) groups is 1. The average Bonchev–Trinajstić information content (AvgIpc) is 2.74. The van der Waals surface area contributed by atoms with Gasteiger partial charge in [0, 0.05) is 11.8 Å². The van der Waals surface area contributed by atoms with E-state index in [4.69, 9.17) is 9.47 Å². The van der Waals surface area contributed by atoms with Crippen LogP contribution in [0.5, 0.6) is 11.5 Å². The molecule has 3 rings (SSSR count). The highest BCUT2D eigenvalue weighted by molar-refractivity contribution is 6.02. The summed E-state index contributed by atoms with van der Waals surface area (Å²) in [5.74, 6) is 1.11. The van der Waals surface area contributed by atoms with Crippen LogP contribution >= 0.6 is 0 Å². The Kier molecular flexibility index (Phi) is 6.91. The molecular weight excluding hydrogens is 374 g/mol. The van der Waals surface area contributed by atoms with Gasteiger partial charge in [-0.05, 0) is 78.9 Å². The van der Waals surface area contributed by atoms with E-state index in [1.807, 2.05) is 68.4 Å². The van der Waals surface area contributed by atoms with Crippen LogP contribution in [0.25, 0.3) is 6.08 Å². The highest BCUT2D eigenvalue weighted by Crippen LogP contribution is 2.29. The van der Waals surface area contributed by atoms with Crippen molar-refractivity contribution in [2.75, 3.05) is 12.4 Å². The van der Waals surface area contributed by atoms with Crippen LogP contribution in [0.1, 0.15) is 27.8 Å². The topological polar surface area (TPSA) is 47.6 Å². The summed E-state index contributed by atoms with van der Waals surface area (Å²) < 4.78 is 11.4. The number of carbonyl (C=O) groups excluding carboxylic acids is 1. The summed E-state index contributed by atoms with van der Waals surface area (Å²) in [7, 11) is 1.61. The molecule has 0 bridgehead atoms. The Balaban J connectivity index is 1.65. The van der Waals surface area contributed by atoms with Crippen molar-refractivity contribution in [1.82, 2.24) is 0 Å². The van der Waals surface area contributed by atoms with E-state index < -0.39 is 0 Å². The van der Waals surface area contributed by atoms with Gasteiger partial charge in [0.2, 0.25) is 5.91 Å². The van der Waals surface area contributed by atoms with E-state index in [0.29, 0.717) is 18.1 Å². The van der Waals surface area contributed by atoms with Crippen LogP contribution in [-0.2, 0) is 11.4 Å². The van der Waals surface area contributed by atoms with Crippen LogP contribution in [0.15, 0.2) is 66.7 Å². The summed E-state index contributed by atoms with van der Waals surface area (Å²) in [6.07, 6.45) is 3.27. The van der Waals surface area contributed by atoms with E-state index in [9.17, 15) is 4.79 Å². The van der Waals surface area contributed by atoms with Crippen LogP contribution in [0.2, 0.25) is 0 Å². The first-order chi connectivity index (χ1) is 14.5. The maximum Gasteiger partial charge on any atom is 0.248 e. The SMILES string of the molecule is COc1cc(C=CC(=O)Nc2ccc(C)c(C)c2)ccc1OCc1ccccc1C. The molecule has 1 N–H and O–H groups in total. The minimum atomic E-state index is -0.183. The lowest BCUT2D eigenvalue weighted by molar-refractivity contribution is -0.111. The second-order valence-electron chi connectivity index (χ2n) is 7.25. The standard InChI is InChI=1S/C26H27NO3/c1-18-9-12-23(15-20(18)3)27-26(28)14-11-21-10-13-24(25(16-21)29-4)30-17-22-8-6-5-7-19(22)2/h5-16H,17H2,1-4H3,(H,27,28). The number of rotatable bonds is 7. The Morgan fingerprint density at radius 1 is 0.900 bits per heavy atom. The van der Waals surface area contributed by atoms with Gasteiger partial charge < -0.3 is 14.8 Å². The second-order valence-corrected chi connectivity index (χ2v) is 7.25. The van der Waals surface area contributed by atoms with Gasteiger partial charge in [-0.2, -0.15) is 0 Å². The summed E-state index contributed by atoms with van der Waals surface area (Å²) in [4.78, 5) is 12.2. The summed E-state index contributed by atoms with van der Waals surface area (Å²) >= 11 is 0. The number of ether oxygens (including phenoxy) is 2. The number of aryl methyl sites for hydroxylation is 3. The van der Waals surface area contributed by atoms with Crippen molar-refractivity contribution in [3.63, 3.8) is 0 Å². The zero-order chi connectivity index (χ0) is 21.5. The first kappa shape index (κ1) is 21.2. The summed E-state index contributed by atoms with van der Waals surface area (Å²) in [6, 6.07) is 19.6. The predicted molar refractivity (Wildman–Crippen MR) is 122 cm³/mol. The van der Waals surface area contributed by atoms with E-state index >= 15 is 0 Å². The zero-order valence-electron chi connectivity index (χ0n) is 17.9. The third-order valence-corrected chi connectivity index (χ3v) is 5.03. The van der Waals surface area contributed by atoms with Crippen molar-refractivity contribution in [3.05, 3.63) is 94.6 Å². The normalized spacial score (nSPS) is 10.8. The molecule has 4 nitrogen and oxygen atoms in total. The van der Waals surface area contributed by atoms with Crippen molar-refractivity contribution in [2.24, 2.45) is 0 Å². The molecule has 3 aromatic carbocycles. The Morgan fingerprint density at radius 2 is 1.70 bits per heavy atom. The molecule has 0 aliphatic rings. The number of hydrogen-bond acceptors (Lipinski definition) is 3. The van der Waals surface area contributed by atoms with Gasteiger partial charge in [0.25, 0.3) is 0 Å². The smallest absolute Gasteiger partial charge is 0.248 e. The highest BCUT2D eigenvalue weighted by Gasteiger charge is 2.07. The van der Waals surface area contributed by atoms with Crippen molar-refractivity contribution in [1.29, 1.82) is 0 Å². The number of nitrogens with one attached hydrogen (secondary N) is 1. The Bertz CT molecular complexity index is 1070. The third kappa shape index (κ3) is 5.51. The van der Waals surface area contributed by atoms with Crippen LogP contribution < -0.4 is 14.8 Å². The van der Waals surface area contributed by atoms with Crippen molar-refractivity contribution in [3.8, 4) is 11.5 Å². The maximum atomic E-state index is 12.2. The molecule has 0 radical (unpaired) electrons. The van der Waals surface area contributed by atoms with Gasteiger partial charge >= 0.3 is 0 Å². The van der Waals surface area contributed by atoms with Gasteiger partial charge in [-0.15, -0.1) is 0 Å². The molecule has 0 atom stereocenters. The molecular formula is C26H27NO3. The molecule has 154 valence electrons. The summed E-state index contributed by atoms with van der Waals surface area (Å²) in [5.41, 5.74) is 6.29. The molecule has 0 unspecified atom stereocenters. The Hall–Kier alpha value is -3.53. The molecule has 0 aliphatic carbocycles. The number of anilines is 1. The minimum Gasteiger partial charge on any atom is -0.493 e. The van der Waals surface area contributed by atoms with Gasteiger partial charge in [0.05, 0.1) is 7.11 Å². The fourth-order valence-electron chi connectivity index (χ4n) is 3.01. The van der Waals surface area contributed by atoms with Crippen molar-refractivity contribution >= 4 is 17.7 Å². The molecule has 0 aliphatic heterocycles. The van der Waals surface area contributed by atoms with E-state index in [1.54, 1.807) is 13.2 Å². The number of benzene rings is 3. The number of hydrogen-bond donors (Lipinski definition) is 1. The first-order valence-corrected chi connectivity index (χ1v) is 9.88. The molecule has 0 heterocycles. The number of amides is 1. The second kappa shape index (κ2) is 9.79. The van der Waals surface area contributed by atoms with Gasteiger partial charge in [-0.3, -0.25) is 4.79 Å². The van der Waals surface area contributed by atoms with E-state index in [0.717, 1.165) is 22.4 Å². The minimum absolute atomic E-state index is 0.183. The quantitative estimate of drug-likeness (QED) is 0.505. The van der Waals surface area contributed by atoms with E-state index in [1.165, 1.54) is 17.2 Å². The molecule has 0 spiro atoms. The molecule has 0 aromatic heterocycles. The van der Waals surface area contributed by atoms with E-state index in [-0.39, 0.29) is 5.91 Å². The van der Waals surface area contributed by atoms with Crippen molar-refractivity contribution < 1.29 is 14.3 Å². The average molecular weight is 402 g/mol. The lowest BCUT2D eigenvalue weighted by Crippen LogP contribution is -2.07. The maximum absolute atomic E-state index is 12.2. The molecule has 4 heteroatoms. The highest BCUT2D eigenvalue weighted by atomic mass is 16.5. The van der Waals surface area contributed by atoms with Gasteiger partial charge in [0.1, 0.15) is 6.61 Å². The monoisotopic (exact) mass is 401 g/mol. The lowest BCUT2D eigenvalue weighted by atomic mass is 10.1. The van der Waals surface area contributed by atoms with Crippen LogP contribution in [-0.4, -0.2) is 13.0 Å². The molecule has 30 heavy (non-hydrogen) atoms. The van der Waals surface area contributed by atoms with E-state index in [2.05, 4.69) is 18.3 Å². The fraction of sp³-hybridized carbons (Fsp3) is 0.192. The Morgan fingerprint density at radius 3 is 2.43 bits per heavy atom. The van der Waals surface area contributed by atoms with Crippen LogP contribution in [0.3, 0.4) is 0 Å². The zero-order valence-corrected chi connectivity index (χ0v) is 17.9. The molecule has 0 fully saturated rings. The molecule has 3 aromatic rings.